The summed E-state index contributed by atoms with van der Waals surface area (Å²) in [6.45, 7) is 8.32. The Labute approximate surface area is 210 Å². The van der Waals surface area contributed by atoms with Crippen LogP contribution in [-0.4, -0.2) is 50.7 Å². The molecule has 0 unspecified atom stereocenters. The number of urea groups is 1. The lowest BCUT2D eigenvalue weighted by Crippen LogP contribution is -2.22. The van der Waals surface area contributed by atoms with Gasteiger partial charge in [0.25, 0.3) is 5.88 Å². The predicted octanol–water partition coefficient (Wildman–Crippen LogP) is 5.28. The van der Waals surface area contributed by atoms with E-state index in [9.17, 15) is 10.1 Å². The molecule has 12 heteroatoms. The first-order valence-electron chi connectivity index (χ1n) is 11.4. The van der Waals surface area contributed by atoms with E-state index in [2.05, 4.69) is 40.2 Å². The summed E-state index contributed by atoms with van der Waals surface area (Å²) in [7, 11) is -1.19. The fraction of sp³-hybridized carbons (Fsp3) is 0.478. The molecule has 1 aromatic heterocycles. The molecule has 1 aliphatic heterocycles. The summed E-state index contributed by atoms with van der Waals surface area (Å²) < 4.78 is 22.8. The van der Waals surface area contributed by atoms with Crippen LogP contribution >= 0.6 is 11.6 Å². The molecule has 0 spiro atoms. The molecule has 0 saturated heterocycles. The maximum atomic E-state index is 12.6. The average Bonchev–Trinajstić information content (AvgIpc) is 2.79. The Morgan fingerprint density at radius 3 is 2.69 bits per heavy atom. The Kier molecular flexibility index (Phi) is 9.53. The lowest BCUT2D eigenvalue weighted by Gasteiger charge is -2.17. The number of carbonyl (C=O) groups excluding carboxylic acids is 1. The molecule has 2 aromatic rings. The number of aromatic nitrogens is 2. The molecular weight excluding hydrogens is 490 g/mol. The van der Waals surface area contributed by atoms with E-state index in [1.54, 1.807) is 12.1 Å². The van der Waals surface area contributed by atoms with Gasteiger partial charge in [0.15, 0.2) is 12.6 Å². The first kappa shape index (κ1) is 26.5. The van der Waals surface area contributed by atoms with Gasteiger partial charge in [-0.2, -0.15) is 10.2 Å². The second-order valence-corrected chi connectivity index (χ2v) is 15.1. The zero-order chi connectivity index (χ0) is 25.3. The smallest absolute Gasteiger partial charge is 0.325 e. The van der Waals surface area contributed by atoms with E-state index in [4.69, 9.17) is 30.5 Å². The zero-order valence-electron chi connectivity index (χ0n) is 20.1. The molecule has 1 aromatic carbocycles. The van der Waals surface area contributed by atoms with Crippen molar-refractivity contribution in [3.05, 3.63) is 29.0 Å². The van der Waals surface area contributed by atoms with E-state index in [0.29, 0.717) is 42.0 Å². The highest BCUT2D eigenvalue weighted by Gasteiger charge is 2.17. The van der Waals surface area contributed by atoms with Crippen molar-refractivity contribution in [3.63, 3.8) is 0 Å². The zero-order valence-corrected chi connectivity index (χ0v) is 21.9. The summed E-state index contributed by atoms with van der Waals surface area (Å²) in [5, 5.41) is 14.8. The van der Waals surface area contributed by atoms with Crippen LogP contribution < -0.4 is 24.8 Å². The third-order valence-electron chi connectivity index (χ3n) is 4.95. The van der Waals surface area contributed by atoms with Crippen LogP contribution in [0.25, 0.3) is 0 Å². The number of nitriles is 1. The molecule has 0 atom stereocenters. The number of ether oxygens (including phenoxy) is 4. The van der Waals surface area contributed by atoms with Crippen LogP contribution in [0.5, 0.6) is 17.4 Å². The van der Waals surface area contributed by atoms with Gasteiger partial charge in [-0.15, -0.1) is 0 Å². The first-order chi connectivity index (χ1) is 16.7. The SMILES string of the molecule is C[Si](C)(C)CCOCOc1cc2c(cc1Cl)NC(=O)Nc1cnc(C#N)c(n1)OCCCCCO2. The minimum atomic E-state index is -1.19. The summed E-state index contributed by atoms with van der Waals surface area (Å²) in [5.74, 6) is 1.03. The molecule has 0 aliphatic carbocycles. The van der Waals surface area contributed by atoms with Crippen molar-refractivity contribution in [3.8, 4) is 23.4 Å². The van der Waals surface area contributed by atoms with Gasteiger partial charge in [0, 0.05) is 20.7 Å². The number of nitrogens with zero attached hydrogens (tertiary/aromatic N) is 3. The van der Waals surface area contributed by atoms with Crippen molar-refractivity contribution >= 4 is 37.2 Å². The largest absolute Gasteiger partial charge is 0.491 e. The molecule has 1 aliphatic rings. The minimum absolute atomic E-state index is 0.0535. The van der Waals surface area contributed by atoms with Crippen LogP contribution in [0.4, 0.5) is 16.3 Å². The fourth-order valence-electron chi connectivity index (χ4n) is 3.02. The molecule has 2 N–H and O–H groups in total. The van der Waals surface area contributed by atoms with Gasteiger partial charge in [0.2, 0.25) is 5.69 Å². The van der Waals surface area contributed by atoms with Gasteiger partial charge >= 0.3 is 6.03 Å². The number of fused-ring (bicyclic) bond motifs is 3. The Hall–Kier alpha value is -3.07. The second-order valence-electron chi connectivity index (χ2n) is 9.12. The van der Waals surface area contributed by atoms with E-state index in [-0.39, 0.29) is 24.2 Å². The Bertz CT molecular complexity index is 1070. The Balaban J connectivity index is 1.74. The van der Waals surface area contributed by atoms with E-state index < -0.39 is 14.1 Å². The van der Waals surface area contributed by atoms with Crippen LogP contribution in [-0.2, 0) is 4.74 Å². The maximum Gasteiger partial charge on any atom is 0.325 e. The molecule has 2 amide bonds. The van der Waals surface area contributed by atoms with Crippen molar-refractivity contribution in [2.45, 2.75) is 44.9 Å². The number of nitrogens with one attached hydrogen (secondary N) is 2. The van der Waals surface area contributed by atoms with Crippen molar-refractivity contribution in [1.82, 2.24) is 9.97 Å². The summed E-state index contributed by atoms with van der Waals surface area (Å²) in [5.41, 5.74) is 0.421. The normalized spacial score (nSPS) is 14.5. The lowest BCUT2D eigenvalue weighted by atomic mass is 10.2. The van der Waals surface area contributed by atoms with E-state index in [1.165, 1.54) is 6.20 Å². The summed E-state index contributed by atoms with van der Waals surface area (Å²) in [4.78, 5) is 20.8. The van der Waals surface area contributed by atoms with Gasteiger partial charge in [-0.1, -0.05) is 31.2 Å². The molecule has 3 rings (SSSR count). The van der Waals surface area contributed by atoms with Gasteiger partial charge in [-0.05, 0) is 31.4 Å². The van der Waals surface area contributed by atoms with Crippen molar-refractivity contribution in [2.75, 3.05) is 37.2 Å². The van der Waals surface area contributed by atoms with Crippen LogP contribution in [0.1, 0.15) is 25.0 Å². The quantitative estimate of drug-likeness (QED) is 0.300. The third-order valence-corrected chi connectivity index (χ3v) is 6.95. The fourth-order valence-corrected chi connectivity index (χ4v) is 3.99. The van der Waals surface area contributed by atoms with Gasteiger partial charge in [0.05, 0.1) is 30.1 Å². The lowest BCUT2D eigenvalue weighted by molar-refractivity contribution is 0.0220. The number of rotatable bonds is 6. The molecule has 2 heterocycles. The van der Waals surface area contributed by atoms with Crippen molar-refractivity contribution in [1.29, 1.82) is 5.26 Å². The highest BCUT2D eigenvalue weighted by molar-refractivity contribution is 6.76. The summed E-state index contributed by atoms with van der Waals surface area (Å²) >= 11 is 6.41. The molecular formula is C23H30ClN5O5Si. The summed E-state index contributed by atoms with van der Waals surface area (Å²) in [6, 6.07) is 5.58. The molecule has 35 heavy (non-hydrogen) atoms. The van der Waals surface area contributed by atoms with E-state index >= 15 is 0 Å². The van der Waals surface area contributed by atoms with Gasteiger partial charge in [-0.25, -0.2) is 9.78 Å². The third kappa shape index (κ3) is 8.58. The minimum Gasteiger partial charge on any atom is -0.491 e. The van der Waals surface area contributed by atoms with Crippen molar-refractivity contribution in [2.24, 2.45) is 0 Å². The highest BCUT2D eigenvalue weighted by atomic mass is 35.5. The summed E-state index contributed by atoms with van der Waals surface area (Å²) in [6.07, 6.45) is 3.61. The number of carbonyl (C=O) groups is 1. The second kappa shape index (κ2) is 12.6. The van der Waals surface area contributed by atoms with Crippen molar-refractivity contribution < 1.29 is 23.7 Å². The number of hydrogen-bond donors (Lipinski definition) is 2. The van der Waals surface area contributed by atoms with Crippen LogP contribution in [0, 0.1) is 11.3 Å². The predicted molar refractivity (Wildman–Crippen MR) is 135 cm³/mol. The monoisotopic (exact) mass is 519 g/mol. The Morgan fingerprint density at radius 2 is 1.94 bits per heavy atom. The molecule has 2 bridgehead atoms. The highest BCUT2D eigenvalue weighted by Crippen LogP contribution is 2.36. The van der Waals surface area contributed by atoms with E-state index in [0.717, 1.165) is 25.3 Å². The molecule has 188 valence electrons. The van der Waals surface area contributed by atoms with Gasteiger partial charge in [0.1, 0.15) is 17.6 Å². The molecule has 0 radical (unpaired) electrons. The van der Waals surface area contributed by atoms with Crippen LogP contribution in [0.3, 0.4) is 0 Å². The number of anilines is 2. The van der Waals surface area contributed by atoms with Gasteiger partial charge < -0.3 is 24.3 Å². The van der Waals surface area contributed by atoms with Gasteiger partial charge in [-0.3, -0.25) is 5.32 Å². The first-order valence-corrected chi connectivity index (χ1v) is 15.5. The topological polar surface area (TPSA) is 128 Å². The number of hydrogen-bond acceptors (Lipinski definition) is 8. The maximum absolute atomic E-state index is 12.6. The molecule has 0 saturated carbocycles. The number of amides is 2. The molecule has 10 nitrogen and oxygen atoms in total. The molecule has 0 fully saturated rings. The Morgan fingerprint density at radius 1 is 1.17 bits per heavy atom. The average molecular weight is 520 g/mol. The standard InChI is InChI=1S/C23H30ClN5O5Si/c1-35(2,3)10-9-31-15-34-19-12-20-17(11-16(19)24)27-23(30)29-21-14-26-18(13-25)22(28-21)33-8-6-4-5-7-32-20/h11-12,14H,4-10,15H2,1-3H3,(H2,27,28,29,30). The van der Waals surface area contributed by atoms with Crippen LogP contribution in [0.15, 0.2) is 18.3 Å². The van der Waals surface area contributed by atoms with E-state index in [1.807, 2.05) is 6.07 Å². The van der Waals surface area contributed by atoms with Crippen LogP contribution in [0.2, 0.25) is 30.7 Å². The number of halogens is 1. The number of benzene rings is 1.